The van der Waals surface area contributed by atoms with E-state index in [2.05, 4.69) is 5.32 Å². The molecule has 0 radical (unpaired) electrons. The van der Waals surface area contributed by atoms with E-state index >= 15 is 0 Å². The van der Waals surface area contributed by atoms with Crippen LogP contribution in [0.15, 0.2) is 0 Å². The van der Waals surface area contributed by atoms with Gasteiger partial charge in [0.25, 0.3) is 10.1 Å². The van der Waals surface area contributed by atoms with Crippen molar-refractivity contribution >= 4 is 16.1 Å². The van der Waals surface area contributed by atoms with Crippen molar-refractivity contribution in [3.63, 3.8) is 0 Å². The third-order valence-corrected chi connectivity index (χ3v) is 2.49. The van der Waals surface area contributed by atoms with Gasteiger partial charge in [0.15, 0.2) is 0 Å². The summed E-state index contributed by atoms with van der Waals surface area (Å²) in [5.41, 5.74) is 4.78. The number of nitrogens with one attached hydrogen (secondary N) is 1. The Morgan fingerprint density at radius 1 is 1.53 bits per heavy atom. The van der Waals surface area contributed by atoms with Gasteiger partial charge < -0.3 is 16.2 Å². The smallest absolute Gasteiger partial charge is 0.320 e. The highest BCUT2D eigenvalue weighted by Crippen LogP contribution is 2.03. The zero-order valence-electron chi connectivity index (χ0n) is 8.22. The normalized spacial score (nSPS) is 20.5. The van der Waals surface area contributed by atoms with Crippen LogP contribution in [0.3, 0.4) is 0 Å². The van der Waals surface area contributed by atoms with E-state index in [4.69, 9.17) is 15.4 Å². The van der Waals surface area contributed by atoms with Crippen molar-refractivity contribution in [2.45, 2.75) is 18.9 Å². The van der Waals surface area contributed by atoms with Crippen LogP contribution in [0.4, 0.5) is 0 Å². The zero-order chi connectivity index (χ0) is 11.9. The molecule has 1 heterocycles. The molecule has 1 saturated heterocycles. The van der Waals surface area contributed by atoms with Crippen molar-refractivity contribution in [2.24, 2.45) is 5.73 Å². The number of aliphatic carboxylic acids is 1. The molecule has 15 heavy (non-hydrogen) atoms. The van der Waals surface area contributed by atoms with Gasteiger partial charge in [0.1, 0.15) is 6.04 Å². The van der Waals surface area contributed by atoms with Crippen molar-refractivity contribution in [3.8, 4) is 0 Å². The summed E-state index contributed by atoms with van der Waals surface area (Å²) in [5, 5.41) is 11.2. The molecule has 0 aromatic rings. The lowest BCUT2D eigenvalue weighted by atomic mass is 10.2. The van der Waals surface area contributed by atoms with Gasteiger partial charge in [0.05, 0.1) is 5.75 Å². The van der Waals surface area contributed by atoms with Crippen molar-refractivity contribution in [2.75, 3.05) is 18.8 Å². The van der Waals surface area contributed by atoms with Crippen LogP contribution in [0.2, 0.25) is 0 Å². The molecule has 0 unspecified atom stereocenters. The van der Waals surface area contributed by atoms with Crippen LogP contribution in [0.1, 0.15) is 12.8 Å². The van der Waals surface area contributed by atoms with Crippen LogP contribution in [0.5, 0.6) is 0 Å². The number of hydrogen-bond acceptors (Lipinski definition) is 5. The van der Waals surface area contributed by atoms with Gasteiger partial charge >= 0.3 is 5.97 Å². The Kier molecular flexibility index (Phi) is 6.41. The fraction of sp³-hybridized carbons (Fsp3) is 0.857. The minimum absolute atomic E-state index is 0.0289. The maximum atomic E-state index is 10.1. The van der Waals surface area contributed by atoms with E-state index in [1.807, 2.05) is 0 Å². The summed E-state index contributed by atoms with van der Waals surface area (Å²) >= 11 is 0. The molecular formula is C7H16N2O5S. The molecule has 0 aromatic heterocycles. The topological polar surface area (TPSA) is 130 Å². The van der Waals surface area contributed by atoms with Gasteiger partial charge in [-0.15, -0.1) is 0 Å². The molecule has 8 heteroatoms. The highest BCUT2D eigenvalue weighted by Gasteiger charge is 2.20. The summed E-state index contributed by atoms with van der Waals surface area (Å²) in [6, 6.07) is -0.269. The summed E-state index contributed by atoms with van der Waals surface area (Å²) in [6.07, 6.45) is 1.78. The molecule has 7 nitrogen and oxygen atoms in total. The van der Waals surface area contributed by atoms with Gasteiger partial charge in [-0.3, -0.25) is 9.35 Å². The number of hydrogen-bond donors (Lipinski definition) is 4. The van der Waals surface area contributed by atoms with E-state index in [0.29, 0.717) is 0 Å². The molecule has 1 rings (SSSR count). The molecule has 5 N–H and O–H groups in total. The lowest BCUT2D eigenvalue weighted by Crippen LogP contribution is -2.29. The molecule has 0 aromatic carbocycles. The molecule has 0 spiro atoms. The first-order valence-electron chi connectivity index (χ1n) is 4.48. The molecule has 1 atom stereocenters. The molecule has 0 saturated carbocycles. The third kappa shape index (κ3) is 8.30. The van der Waals surface area contributed by atoms with E-state index in [1.54, 1.807) is 0 Å². The fourth-order valence-corrected chi connectivity index (χ4v) is 1.34. The first-order valence-corrected chi connectivity index (χ1v) is 6.09. The molecule has 0 bridgehead atoms. The Morgan fingerprint density at radius 2 is 2.13 bits per heavy atom. The first kappa shape index (κ1) is 14.3. The summed E-state index contributed by atoms with van der Waals surface area (Å²) in [6.45, 7) is 0.829. The molecular weight excluding hydrogens is 224 g/mol. The highest BCUT2D eigenvalue weighted by molar-refractivity contribution is 7.85. The predicted octanol–water partition coefficient (Wildman–Crippen LogP) is -1.34. The number of carboxylic acids is 1. The van der Waals surface area contributed by atoms with Gasteiger partial charge in [-0.25, -0.2) is 0 Å². The first-order chi connectivity index (χ1) is 6.87. The quantitative estimate of drug-likeness (QED) is 0.449. The highest BCUT2D eigenvalue weighted by atomic mass is 32.2. The summed E-state index contributed by atoms with van der Waals surface area (Å²) in [5.74, 6) is -1.07. The average molecular weight is 240 g/mol. The fourth-order valence-electron chi connectivity index (χ4n) is 1.04. The molecule has 0 amide bonds. The van der Waals surface area contributed by atoms with Crippen LogP contribution in [-0.4, -0.2) is 48.9 Å². The maximum Gasteiger partial charge on any atom is 0.320 e. The second-order valence-corrected chi connectivity index (χ2v) is 4.63. The minimum Gasteiger partial charge on any atom is -0.480 e. The van der Waals surface area contributed by atoms with Crippen molar-refractivity contribution in [1.29, 1.82) is 0 Å². The lowest BCUT2D eigenvalue weighted by Gasteiger charge is -1.99. The average Bonchev–Trinajstić information content (AvgIpc) is 2.53. The Bertz CT molecular complexity index is 284. The van der Waals surface area contributed by atoms with E-state index < -0.39 is 16.1 Å². The summed E-state index contributed by atoms with van der Waals surface area (Å²) in [4.78, 5) is 10.1. The van der Waals surface area contributed by atoms with E-state index in [0.717, 1.165) is 19.4 Å². The zero-order valence-corrected chi connectivity index (χ0v) is 9.03. The maximum absolute atomic E-state index is 10.1. The lowest BCUT2D eigenvalue weighted by molar-refractivity contribution is -0.139. The van der Waals surface area contributed by atoms with Crippen LogP contribution < -0.4 is 11.1 Å². The number of carbonyl (C=O) groups is 1. The van der Waals surface area contributed by atoms with Crippen LogP contribution in [0, 0.1) is 0 Å². The second-order valence-electron chi connectivity index (χ2n) is 3.06. The molecule has 90 valence electrons. The van der Waals surface area contributed by atoms with Crippen molar-refractivity contribution < 1.29 is 22.9 Å². The SMILES string of the molecule is NCCS(=O)(=O)O.O=C(O)[C@@H]1CCCN1. The number of carboxylic acid groups (broad SMARTS) is 1. The predicted molar refractivity (Wildman–Crippen MR) is 54.1 cm³/mol. The van der Waals surface area contributed by atoms with Gasteiger partial charge in [-0.05, 0) is 19.4 Å². The Hall–Kier alpha value is -0.700. The molecule has 0 aliphatic carbocycles. The van der Waals surface area contributed by atoms with E-state index in [1.165, 1.54) is 0 Å². The monoisotopic (exact) mass is 240 g/mol. The summed E-state index contributed by atoms with van der Waals surface area (Å²) < 4.78 is 27.3. The minimum atomic E-state index is -3.80. The van der Waals surface area contributed by atoms with Crippen LogP contribution in [-0.2, 0) is 14.9 Å². The Balaban J connectivity index is 0.000000265. The standard InChI is InChI=1S/C5H9NO2.C2H7NO3S/c7-5(8)4-2-1-3-6-4;3-1-2-7(4,5)6/h4,6H,1-3H2,(H,7,8);1-3H2,(H,4,5,6)/t4-;/m0./s1. The summed E-state index contributed by atoms with van der Waals surface area (Å²) in [7, 11) is -3.80. The number of nitrogens with two attached hydrogens (primary N) is 1. The van der Waals surface area contributed by atoms with Crippen LogP contribution >= 0.6 is 0 Å². The van der Waals surface area contributed by atoms with Gasteiger partial charge in [-0.1, -0.05) is 0 Å². The Morgan fingerprint density at radius 3 is 2.27 bits per heavy atom. The van der Waals surface area contributed by atoms with Gasteiger partial charge in [-0.2, -0.15) is 8.42 Å². The van der Waals surface area contributed by atoms with Gasteiger partial charge in [0.2, 0.25) is 0 Å². The van der Waals surface area contributed by atoms with Gasteiger partial charge in [0, 0.05) is 6.54 Å². The van der Waals surface area contributed by atoms with E-state index in [9.17, 15) is 13.2 Å². The molecule has 1 aliphatic heterocycles. The number of rotatable bonds is 3. The third-order valence-electron chi connectivity index (χ3n) is 1.73. The Labute approximate surface area is 88.4 Å². The van der Waals surface area contributed by atoms with Crippen LogP contribution in [0.25, 0.3) is 0 Å². The molecule has 1 fully saturated rings. The largest absolute Gasteiger partial charge is 0.480 e. The second kappa shape index (κ2) is 6.72. The van der Waals surface area contributed by atoms with Crippen molar-refractivity contribution in [1.82, 2.24) is 5.32 Å². The molecule has 1 aliphatic rings. The van der Waals surface area contributed by atoms with E-state index in [-0.39, 0.29) is 18.3 Å². The van der Waals surface area contributed by atoms with Crippen molar-refractivity contribution in [3.05, 3.63) is 0 Å².